The summed E-state index contributed by atoms with van der Waals surface area (Å²) < 4.78 is 155. The zero-order valence-corrected chi connectivity index (χ0v) is 12.7. The molecule has 0 aromatic heterocycles. The summed E-state index contributed by atoms with van der Waals surface area (Å²) in [6, 6.07) is 0. The molecule has 3 unspecified atom stereocenters. The van der Waals surface area contributed by atoms with E-state index in [2.05, 4.69) is 34.8 Å². The normalized spacial score (nSPS) is 20.5. The third-order valence-electron chi connectivity index (χ3n) is 2.56. The van der Waals surface area contributed by atoms with E-state index in [0.717, 1.165) is 0 Å². The van der Waals surface area contributed by atoms with Crippen molar-refractivity contribution in [3.63, 3.8) is 0 Å². The van der Waals surface area contributed by atoms with Gasteiger partial charge in [0.05, 0.1) is 5.03 Å². The standard InChI is InChI=1S/C9H3Cl3F12/c10-1-2(11)6(17,9(22,23)24)7(18,19)3(13)5(15,16)4(14)8(12,20)21/h1,3-4H. The first-order valence-electron chi connectivity index (χ1n) is 5.12. The molecule has 0 fully saturated rings. The van der Waals surface area contributed by atoms with Crippen molar-refractivity contribution in [1.82, 2.24) is 0 Å². The van der Waals surface area contributed by atoms with Gasteiger partial charge in [-0.25, -0.2) is 13.2 Å². The van der Waals surface area contributed by atoms with Gasteiger partial charge in [-0.05, 0) is 11.6 Å². The van der Waals surface area contributed by atoms with Crippen LogP contribution in [0.1, 0.15) is 0 Å². The molecule has 0 spiro atoms. The van der Waals surface area contributed by atoms with E-state index in [0.29, 0.717) is 0 Å². The summed E-state index contributed by atoms with van der Waals surface area (Å²) in [5.41, 5.74) is -7.05. The van der Waals surface area contributed by atoms with Crippen LogP contribution in [0.3, 0.4) is 0 Å². The average Bonchev–Trinajstić information content (AvgIpc) is 2.40. The lowest BCUT2D eigenvalue weighted by molar-refractivity contribution is -0.324. The second kappa shape index (κ2) is 6.82. The lowest BCUT2D eigenvalue weighted by atomic mass is 9.88. The fourth-order valence-electron chi connectivity index (χ4n) is 1.32. The Morgan fingerprint density at radius 2 is 1.17 bits per heavy atom. The molecule has 0 radical (unpaired) electrons. The Bertz CT molecular complexity index is 481. The molecule has 0 saturated heterocycles. The van der Waals surface area contributed by atoms with Crippen LogP contribution in [0.5, 0.6) is 0 Å². The Hall–Kier alpha value is -0.230. The molecule has 3 atom stereocenters. The third kappa shape index (κ3) is 3.79. The quantitative estimate of drug-likeness (QED) is 0.330. The average molecular weight is 445 g/mol. The highest BCUT2D eigenvalue weighted by atomic mass is 35.5. The van der Waals surface area contributed by atoms with Crippen LogP contribution in [0.4, 0.5) is 52.7 Å². The van der Waals surface area contributed by atoms with Gasteiger partial charge in [0.1, 0.15) is 0 Å². The van der Waals surface area contributed by atoms with E-state index in [1.807, 2.05) is 0 Å². The largest absolute Gasteiger partial charge is 0.433 e. The zero-order valence-electron chi connectivity index (χ0n) is 10.4. The van der Waals surface area contributed by atoms with Gasteiger partial charge in [0.2, 0.25) is 12.3 Å². The summed E-state index contributed by atoms with van der Waals surface area (Å²) in [7, 11) is 0. The van der Waals surface area contributed by atoms with E-state index in [1.54, 1.807) is 0 Å². The Balaban J connectivity index is 6.29. The predicted octanol–water partition coefficient (Wildman–Crippen LogP) is 6.35. The van der Waals surface area contributed by atoms with Crippen molar-refractivity contribution in [3.8, 4) is 0 Å². The van der Waals surface area contributed by atoms with E-state index in [4.69, 9.17) is 0 Å². The number of hydrogen-bond acceptors (Lipinski definition) is 0. The number of hydrogen-bond donors (Lipinski definition) is 0. The molecule has 0 aromatic carbocycles. The number of alkyl halides is 13. The highest BCUT2D eigenvalue weighted by Gasteiger charge is 2.81. The summed E-state index contributed by atoms with van der Waals surface area (Å²) >= 11 is 12.8. The van der Waals surface area contributed by atoms with Gasteiger partial charge in [0.15, 0.2) is 0 Å². The summed E-state index contributed by atoms with van der Waals surface area (Å²) in [5.74, 6) is -13.4. The van der Waals surface area contributed by atoms with Gasteiger partial charge in [-0.15, -0.1) is 0 Å². The van der Waals surface area contributed by atoms with E-state index >= 15 is 0 Å². The first-order valence-corrected chi connectivity index (χ1v) is 6.31. The van der Waals surface area contributed by atoms with Crippen molar-refractivity contribution >= 4 is 34.8 Å². The van der Waals surface area contributed by atoms with Gasteiger partial charge in [0.25, 0.3) is 0 Å². The van der Waals surface area contributed by atoms with Crippen LogP contribution < -0.4 is 0 Å². The zero-order chi connectivity index (χ0) is 19.9. The molecule has 24 heavy (non-hydrogen) atoms. The van der Waals surface area contributed by atoms with Gasteiger partial charge in [0, 0.05) is 5.54 Å². The lowest BCUT2D eigenvalue weighted by Gasteiger charge is -2.39. The fraction of sp³-hybridized carbons (Fsp3) is 0.778. The summed E-state index contributed by atoms with van der Waals surface area (Å²) in [6.07, 6.45) is -17.8. The van der Waals surface area contributed by atoms with Gasteiger partial charge in [-0.3, -0.25) is 0 Å². The van der Waals surface area contributed by atoms with E-state index in [9.17, 15) is 52.7 Å². The Morgan fingerprint density at radius 3 is 1.42 bits per heavy atom. The first kappa shape index (κ1) is 23.8. The SMILES string of the molecule is FC(C(F)(F)Cl)C(F)(F)C(F)C(F)(F)C(F)(C(Cl)=CCl)C(F)(F)F. The molecule has 0 aliphatic rings. The molecule has 0 saturated carbocycles. The maximum atomic E-state index is 13.7. The number of halogens is 15. The molecule has 15 heteroatoms. The fourth-order valence-corrected chi connectivity index (χ4v) is 1.85. The van der Waals surface area contributed by atoms with Crippen LogP contribution in [0.2, 0.25) is 0 Å². The lowest BCUT2D eigenvalue weighted by Crippen LogP contribution is -2.65. The molecule has 0 bridgehead atoms. The second-order valence-corrected chi connectivity index (χ2v) is 5.31. The molecule has 0 aliphatic heterocycles. The van der Waals surface area contributed by atoms with Crippen LogP contribution in [0.15, 0.2) is 10.6 Å². The molecular weight excluding hydrogens is 442 g/mol. The van der Waals surface area contributed by atoms with Crippen LogP contribution in [-0.2, 0) is 0 Å². The molecule has 0 amide bonds. The van der Waals surface area contributed by atoms with Gasteiger partial charge >= 0.3 is 29.1 Å². The van der Waals surface area contributed by atoms with E-state index < -0.39 is 52.0 Å². The van der Waals surface area contributed by atoms with Crippen molar-refractivity contribution in [2.24, 2.45) is 0 Å². The van der Waals surface area contributed by atoms with Crippen LogP contribution in [-0.4, -0.2) is 41.4 Å². The molecule has 0 rings (SSSR count). The first-order chi connectivity index (χ1) is 10.3. The molecule has 0 aromatic rings. The maximum Gasteiger partial charge on any atom is 0.433 e. The Kier molecular flexibility index (Phi) is 6.76. The minimum Gasteiger partial charge on any atom is -0.234 e. The summed E-state index contributed by atoms with van der Waals surface area (Å²) in [5, 5.41) is -8.36. The number of rotatable bonds is 6. The Morgan fingerprint density at radius 1 is 0.792 bits per heavy atom. The van der Waals surface area contributed by atoms with Gasteiger partial charge in [-0.2, -0.15) is 39.5 Å². The van der Waals surface area contributed by atoms with Crippen molar-refractivity contribution in [1.29, 1.82) is 0 Å². The topological polar surface area (TPSA) is 0 Å². The van der Waals surface area contributed by atoms with Crippen LogP contribution in [0, 0.1) is 0 Å². The molecule has 0 heterocycles. The van der Waals surface area contributed by atoms with E-state index in [1.165, 1.54) is 0 Å². The van der Waals surface area contributed by atoms with Crippen LogP contribution in [0.25, 0.3) is 0 Å². The van der Waals surface area contributed by atoms with Crippen molar-refractivity contribution in [2.75, 3.05) is 0 Å². The minimum absolute atomic E-state index is 0.684. The van der Waals surface area contributed by atoms with Gasteiger partial charge < -0.3 is 0 Å². The third-order valence-corrected chi connectivity index (χ3v) is 3.45. The second-order valence-electron chi connectivity index (χ2n) is 4.18. The summed E-state index contributed by atoms with van der Waals surface area (Å²) in [4.78, 5) is 0. The van der Waals surface area contributed by atoms with Crippen molar-refractivity contribution < 1.29 is 52.7 Å². The predicted molar refractivity (Wildman–Crippen MR) is 60.2 cm³/mol. The molecule has 0 nitrogen and oxygen atoms in total. The maximum absolute atomic E-state index is 13.7. The van der Waals surface area contributed by atoms with Crippen LogP contribution >= 0.6 is 34.8 Å². The smallest absolute Gasteiger partial charge is 0.234 e. The monoisotopic (exact) mass is 444 g/mol. The Labute approximate surface area is 140 Å². The molecule has 0 aliphatic carbocycles. The molecular formula is C9H3Cl3F12. The van der Waals surface area contributed by atoms with Crippen molar-refractivity contribution in [3.05, 3.63) is 10.6 Å². The van der Waals surface area contributed by atoms with E-state index in [-0.39, 0.29) is 0 Å². The minimum atomic E-state index is -6.87. The number of allylic oxidation sites excluding steroid dienone is 1. The van der Waals surface area contributed by atoms with Crippen molar-refractivity contribution in [2.45, 2.75) is 41.4 Å². The highest BCUT2D eigenvalue weighted by molar-refractivity contribution is 6.37. The van der Waals surface area contributed by atoms with Gasteiger partial charge in [-0.1, -0.05) is 23.2 Å². The molecule has 0 N–H and O–H groups in total. The highest BCUT2D eigenvalue weighted by Crippen LogP contribution is 2.56. The molecule has 144 valence electrons. The summed E-state index contributed by atoms with van der Waals surface area (Å²) in [6.45, 7) is 0.